The summed E-state index contributed by atoms with van der Waals surface area (Å²) < 4.78 is 1.67. The Hall–Kier alpha value is -2.02. The molecule has 0 aliphatic rings. The summed E-state index contributed by atoms with van der Waals surface area (Å²) in [7, 11) is 0. The minimum absolute atomic E-state index is 0.0708. The van der Waals surface area contributed by atoms with Crippen LogP contribution in [0.1, 0.15) is 30.6 Å². The molecule has 2 aromatic heterocycles. The van der Waals surface area contributed by atoms with Crippen molar-refractivity contribution in [3.05, 3.63) is 23.3 Å². The highest BCUT2D eigenvalue weighted by Gasteiger charge is 2.11. The summed E-state index contributed by atoms with van der Waals surface area (Å²) in [6.07, 6.45) is 1.26. The molecule has 0 bridgehead atoms. The highest BCUT2D eigenvalue weighted by molar-refractivity contribution is 5.77. The van der Waals surface area contributed by atoms with E-state index in [1.54, 1.807) is 4.52 Å². The van der Waals surface area contributed by atoms with Gasteiger partial charge in [-0.1, -0.05) is 6.92 Å². The van der Waals surface area contributed by atoms with E-state index in [1.807, 2.05) is 19.9 Å². The monoisotopic (exact) mass is 290 g/mol. The van der Waals surface area contributed by atoms with Gasteiger partial charge in [0.15, 0.2) is 5.82 Å². The highest BCUT2D eigenvalue weighted by Crippen LogP contribution is 2.05. The van der Waals surface area contributed by atoms with Crippen LogP contribution in [0.15, 0.2) is 6.07 Å². The van der Waals surface area contributed by atoms with E-state index in [1.165, 1.54) is 0 Å². The number of carbonyl (C=O) groups excluding carboxylic acids is 1. The maximum Gasteiger partial charge on any atom is 0.252 e. The fourth-order valence-corrected chi connectivity index (χ4v) is 2.08. The molecule has 0 unspecified atom stereocenters. The van der Waals surface area contributed by atoms with Gasteiger partial charge in [-0.05, 0) is 32.9 Å². The normalized spacial score (nSPS) is 11.0. The summed E-state index contributed by atoms with van der Waals surface area (Å²) in [4.78, 5) is 20.4. The Morgan fingerprint density at radius 2 is 2.05 bits per heavy atom. The standard InChI is InChI=1S/C14H22N6O/c1-4-5-15-6-7-16-13(21)9-12-18-14-17-10(2)8-11(3)20(14)19-12/h8,15H,4-7,9H2,1-3H3,(H,16,21). The first-order valence-electron chi connectivity index (χ1n) is 7.27. The summed E-state index contributed by atoms with van der Waals surface area (Å²) in [5, 5.41) is 10.4. The molecule has 114 valence electrons. The quantitative estimate of drug-likeness (QED) is 0.721. The first-order chi connectivity index (χ1) is 10.1. The van der Waals surface area contributed by atoms with Gasteiger partial charge in [0.25, 0.3) is 5.78 Å². The maximum absolute atomic E-state index is 11.8. The summed E-state index contributed by atoms with van der Waals surface area (Å²) in [5.41, 5.74) is 1.85. The van der Waals surface area contributed by atoms with E-state index in [-0.39, 0.29) is 12.3 Å². The third-order valence-corrected chi connectivity index (χ3v) is 3.03. The number of aromatic nitrogens is 4. The third kappa shape index (κ3) is 4.22. The minimum Gasteiger partial charge on any atom is -0.354 e. The van der Waals surface area contributed by atoms with E-state index < -0.39 is 0 Å². The lowest BCUT2D eigenvalue weighted by atomic mass is 10.4. The molecule has 2 heterocycles. The second-order valence-electron chi connectivity index (χ2n) is 5.06. The average molecular weight is 290 g/mol. The first-order valence-corrected chi connectivity index (χ1v) is 7.27. The molecule has 7 nitrogen and oxygen atoms in total. The summed E-state index contributed by atoms with van der Waals surface area (Å²) in [5.74, 6) is 0.966. The van der Waals surface area contributed by atoms with Crippen molar-refractivity contribution < 1.29 is 4.79 Å². The lowest BCUT2D eigenvalue weighted by molar-refractivity contribution is -0.120. The Morgan fingerprint density at radius 3 is 2.81 bits per heavy atom. The van der Waals surface area contributed by atoms with Crippen LogP contribution in [0, 0.1) is 13.8 Å². The van der Waals surface area contributed by atoms with E-state index in [9.17, 15) is 4.79 Å². The fourth-order valence-electron chi connectivity index (χ4n) is 2.08. The first kappa shape index (κ1) is 15.4. The molecule has 0 radical (unpaired) electrons. The minimum atomic E-state index is -0.0708. The maximum atomic E-state index is 11.8. The summed E-state index contributed by atoms with van der Waals surface area (Å²) in [6, 6.07) is 1.94. The number of amides is 1. The molecule has 1 amide bonds. The van der Waals surface area contributed by atoms with E-state index in [0.29, 0.717) is 18.1 Å². The number of carbonyl (C=O) groups is 1. The number of rotatable bonds is 7. The van der Waals surface area contributed by atoms with Crippen LogP contribution in [0.2, 0.25) is 0 Å². The molecule has 21 heavy (non-hydrogen) atoms. The van der Waals surface area contributed by atoms with E-state index in [0.717, 1.165) is 30.9 Å². The van der Waals surface area contributed by atoms with Gasteiger partial charge in [0.05, 0.1) is 6.42 Å². The predicted octanol–water partition coefficient (Wildman–Crippen LogP) is 0.399. The van der Waals surface area contributed by atoms with Gasteiger partial charge in [-0.2, -0.15) is 4.98 Å². The zero-order valence-electron chi connectivity index (χ0n) is 12.8. The number of nitrogens with one attached hydrogen (secondary N) is 2. The van der Waals surface area contributed by atoms with Crippen molar-refractivity contribution in [2.75, 3.05) is 19.6 Å². The molecule has 7 heteroatoms. The molecule has 0 saturated carbocycles. The Bertz CT molecular complexity index is 621. The van der Waals surface area contributed by atoms with E-state index >= 15 is 0 Å². The second kappa shape index (κ2) is 7.12. The van der Waals surface area contributed by atoms with E-state index in [2.05, 4.69) is 32.6 Å². The Labute approximate surface area is 124 Å². The van der Waals surface area contributed by atoms with Gasteiger partial charge in [-0.25, -0.2) is 9.50 Å². The van der Waals surface area contributed by atoms with Gasteiger partial charge in [-0.15, -0.1) is 5.10 Å². The van der Waals surface area contributed by atoms with Gasteiger partial charge in [0.1, 0.15) is 0 Å². The number of hydrogen-bond acceptors (Lipinski definition) is 5. The third-order valence-electron chi connectivity index (χ3n) is 3.03. The summed E-state index contributed by atoms with van der Waals surface area (Å²) >= 11 is 0. The molecule has 2 rings (SSSR count). The Kier molecular flexibility index (Phi) is 5.21. The predicted molar refractivity (Wildman–Crippen MR) is 80.1 cm³/mol. The number of aryl methyl sites for hydroxylation is 2. The fraction of sp³-hybridized carbons (Fsp3) is 0.571. The SMILES string of the molecule is CCCNCCNC(=O)Cc1nc2nc(C)cc(C)n2n1. The molecule has 0 aromatic carbocycles. The van der Waals surface area contributed by atoms with Crippen LogP contribution in [-0.4, -0.2) is 45.1 Å². The van der Waals surface area contributed by atoms with E-state index in [4.69, 9.17) is 0 Å². The lowest BCUT2D eigenvalue weighted by Gasteiger charge is -2.04. The lowest BCUT2D eigenvalue weighted by Crippen LogP contribution is -2.33. The molecule has 0 aliphatic carbocycles. The van der Waals surface area contributed by atoms with Crippen molar-refractivity contribution in [3.63, 3.8) is 0 Å². The van der Waals surface area contributed by atoms with Crippen LogP contribution in [0.5, 0.6) is 0 Å². The Balaban J connectivity index is 1.91. The van der Waals surface area contributed by atoms with Crippen molar-refractivity contribution in [2.45, 2.75) is 33.6 Å². The van der Waals surface area contributed by atoms with Gasteiger partial charge < -0.3 is 10.6 Å². The van der Waals surface area contributed by atoms with Crippen LogP contribution in [0.3, 0.4) is 0 Å². The molecule has 2 N–H and O–H groups in total. The van der Waals surface area contributed by atoms with Crippen LogP contribution in [0.4, 0.5) is 0 Å². The van der Waals surface area contributed by atoms with Gasteiger partial charge >= 0.3 is 0 Å². The van der Waals surface area contributed by atoms with Gasteiger partial charge in [-0.3, -0.25) is 4.79 Å². The van der Waals surface area contributed by atoms with Gasteiger partial charge in [0, 0.05) is 24.5 Å². The number of fused-ring (bicyclic) bond motifs is 1. The van der Waals surface area contributed by atoms with Crippen molar-refractivity contribution in [3.8, 4) is 0 Å². The Morgan fingerprint density at radius 1 is 1.24 bits per heavy atom. The smallest absolute Gasteiger partial charge is 0.252 e. The van der Waals surface area contributed by atoms with Crippen molar-refractivity contribution >= 4 is 11.7 Å². The van der Waals surface area contributed by atoms with Crippen LogP contribution >= 0.6 is 0 Å². The topological polar surface area (TPSA) is 84.2 Å². The van der Waals surface area contributed by atoms with Crippen molar-refractivity contribution in [2.24, 2.45) is 0 Å². The van der Waals surface area contributed by atoms with Gasteiger partial charge in [0.2, 0.25) is 5.91 Å². The van der Waals surface area contributed by atoms with Crippen LogP contribution in [0.25, 0.3) is 5.78 Å². The molecule has 0 spiro atoms. The molecule has 0 aliphatic heterocycles. The number of hydrogen-bond donors (Lipinski definition) is 2. The molecular formula is C14H22N6O. The zero-order valence-corrected chi connectivity index (χ0v) is 12.8. The summed E-state index contributed by atoms with van der Waals surface area (Å²) in [6.45, 7) is 8.32. The molecule has 2 aromatic rings. The molecule has 0 fully saturated rings. The van der Waals surface area contributed by atoms with Crippen molar-refractivity contribution in [1.82, 2.24) is 30.2 Å². The van der Waals surface area contributed by atoms with Crippen LogP contribution < -0.4 is 10.6 Å². The average Bonchev–Trinajstić information content (AvgIpc) is 2.81. The number of nitrogens with zero attached hydrogens (tertiary/aromatic N) is 4. The van der Waals surface area contributed by atoms with Crippen molar-refractivity contribution in [1.29, 1.82) is 0 Å². The molecule has 0 saturated heterocycles. The molecular weight excluding hydrogens is 268 g/mol. The largest absolute Gasteiger partial charge is 0.354 e. The highest BCUT2D eigenvalue weighted by atomic mass is 16.1. The zero-order chi connectivity index (χ0) is 15.2. The second-order valence-corrected chi connectivity index (χ2v) is 5.06. The molecule has 0 atom stereocenters. The van der Waals surface area contributed by atoms with Crippen LogP contribution in [-0.2, 0) is 11.2 Å².